The summed E-state index contributed by atoms with van der Waals surface area (Å²) in [7, 11) is 0. The molecule has 3 N–H and O–H groups in total. The summed E-state index contributed by atoms with van der Waals surface area (Å²) in [6.45, 7) is 3.61. The minimum Gasteiger partial charge on any atom is -0.446 e. The van der Waals surface area contributed by atoms with E-state index in [-0.39, 0.29) is 53.5 Å². The van der Waals surface area contributed by atoms with Crippen LogP contribution in [-0.4, -0.2) is 46.3 Å². The van der Waals surface area contributed by atoms with Gasteiger partial charge in [-0.25, -0.2) is 4.79 Å². The summed E-state index contributed by atoms with van der Waals surface area (Å²) in [6.07, 6.45) is -0.818. The lowest BCUT2D eigenvalue weighted by Crippen LogP contribution is -2.36. The fourth-order valence-electron chi connectivity index (χ4n) is 5.40. The predicted molar refractivity (Wildman–Crippen MR) is 141 cm³/mol. The van der Waals surface area contributed by atoms with Crippen molar-refractivity contribution in [1.82, 2.24) is 15.5 Å². The summed E-state index contributed by atoms with van der Waals surface area (Å²) in [6, 6.07) is 4.20. The van der Waals surface area contributed by atoms with Crippen molar-refractivity contribution in [2.24, 2.45) is 0 Å². The molecule has 1 aliphatic heterocycles. The van der Waals surface area contributed by atoms with Crippen LogP contribution in [-0.2, 0) is 20.5 Å². The SMILES string of the molecule is CC(C(=O)Nc1cc([C@H]2CC[C@@H](OC(=O)NC3(C)CC3)C2)[nH]n1)c1ccc(N2CCCC2=O)c(Cl)c1C(F)(F)F. The van der Waals surface area contributed by atoms with Gasteiger partial charge in [0.2, 0.25) is 11.8 Å². The Morgan fingerprint density at radius 2 is 2.02 bits per heavy atom. The predicted octanol–water partition coefficient (Wildman–Crippen LogP) is 5.87. The molecule has 216 valence electrons. The number of alkyl halides is 3. The van der Waals surface area contributed by atoms with Crippen LogP contribution in [0, 0.1) is 0 Å². The van der Waals surface area contributed by atoms with E-state index in [2.05, 4.69) is 20.8 Å². The molecule has 9 nitrogen and oxygen atoms in total. The molecule has 3 aliphatic rings. The van der Waals surface area contributed by atoms with Crippen molar-refractivity contribution in [1.29, 1.82) is 0 Å². The van der Waals surface area contributed by atoms with Gasteiger partial charge in [0.05, 0.1) is 22.2 Å². The van der Waals surface area contributed by atoms with Gasteiger partial charge in [0, 0.05) is 36.2 Å². The molecule has 2 aliphatic carbocycles. The zero-order chi connectivity index (χ0) is 28.8. The number of nitrogens with one attached hydrogen (secondary N) is 3. The van der Waals surface area contributed by atoms with Crippen molar-refractivity contribution in [3.8, 4) is 0 Å². The first kappa shape index (κ1) is 28.3. The summed E-state index contributed by atoms with van der Waals surface area (Å²) in [5.41, 5.74) is -0.863. The average Bonchev–Trinajstić information content (AvgIpc) is 3.28. The molecule has 2 heterocycles. The number of nitrogens with zero attached hydrogens (tertiary/aromatic N) is 2. The summed E-state index contributed by atoms with van der Waals surface area (Å²) in [4.78, 5) is 38.5. The Morgan fingerprint density at radius 1 is 1.27 bits per heavy atom. The zero-order valence-electron chi connectivity index (χ0n) is 22.2. The summed E-state index contributed by atoms with van der Waals surface area (Å²) in [5.74, 6) is -1.99. The van der Waals surface area contributed by atoms with E-state index in [9.17, 15) is 27.6 Å². The molecule has 3 fully saturated rings. The number of ether oxygens (including phenoxy) is 1. The Kier molecular flexibility index (Phi) is 7.49. The van der Waals surface area contributed by atoms with Crippen molar-refractivity contribution in [3.05, 3.63) is 40.0 Å². The minimum atomic E-state index is -4.84. The Hall–Kier alpha value is -3.28. The monoisotopic (exact) mass is 581 g/mol. The number of aromatic amines is 1. The molecule has 40 heavy (non-hydrogen) atoms. The Morgan fingerprint density at radius 3 is 2.67 bits per heavy atom. The van der Waals surface area contributed by atoms with Crippen molar-refractivity contribution < 1.29 is 32.3 Å². The number of carbonyl (C=O) groups is 3. The first-order valence-corrected chi connectivity index (χ1v) is 13.8. The third-order valence-electron chi connectivity index (χ3n) is 8.01. The van der Waals surface area contributed by atoms with Crippen LogP contribution in [0.5, 0.6) is 0 Å². The van der Waals surface area contributed by atoms with E-state index in [1.54, 1.807) is 6.07 Å². The van der Waals surface area contributed by atoms with Crippen LogP contribution in [0.4, 0.5) is 29.5 Å². The van der Waals surface area contributed by atoms with E-state index in [1.807, 2.05) is 6.92 Å². The lowest BCUT2D eigenvalue weighted by Gasteiger charge is -2.24. The molecule has 13 heteroatoms. The van der Waals surface area contributed by atoms with E-state index in [1.165, 1.54) is 24.0 Å². The van der Waals surface area contributed by atoms with Crippen LogP contribution in [0.3, 0.4) is 0 Å². The molecule has 5 rings (SSSR count). The lowest BCUT2D eigenvalue weighted by molar-refractivity contribution is -0.138. The van der Waals surface area contributed by atoms with E-state index in [0.29, 0.717) is 19.3 Å². The van der Waals surface area contributed by atoms with E-state index in [0.717, 1.165) is 25.0 Å². The maximum Gasteiger partial charge on any atom is 0.418 e. The number of hydrogen-bond donors (Lipinski definition) is 3. The van der Waals surface area contributed by atoms with E-state index in [4.69, 9.17) is 16.3 Å². The molecular formula is C27H31ClF3N5O4. The van der Waals surface area contributed by atoms with Crippen LogP contribution >= 0.6 is 11.6 Å². The second-order valence-electron chi connectivity index (χ2n) is 11.2. The van der Waals surface area contributed by atoms with Crippen molar-refractivity contribution in [3.63, 3.8) is 0 Å². The van der Waals surface area contributed by atoms with Gasteiger partial charge in [0.1, 0.15) is 6.10 Å². The van der Waals surface area contributed by atoms with Gasteiger partial charge in [-0.2, -0.15) is 18.3 Å². The highest BCUT2D eigenvalue weighted by Gasteiger charge is 2.42. The molecule has 1 aromatic heterocycles. The van der Waals surface area contributed by atoms with Gasteiger partial charge in [0.25, 0.3) is 0 Å². The highest BCUT2D eigenvalue weighted by Crippen LogP contribution is 2.45. The number of anilines is 2. The number of aromatic nitrogens is 2. The molecule has 1 unspecified atom stereocenters. The van der Waals surface area contributed by atoms with Crippen molar-refractivity contribution >= 4 is 41.0 Å². The molecule has 0 spiro atoms. The maximum atomic E-state index is 14.1. The number of amides is 3. The third-order valence-corrected chi connectivity index (χ3v) is 8.39. The Balaban J connectivity index is 1.24. The van der Waals surface area contributed by atoms with E-state index >= 15 is 0 Å². The van der Waals surface area contributed by atoms with Crippen LogP contribution in [0.15, 0.2) is 18.2 Å². The average molecular weight is 582 g/mol. The number of rotatable bonds is 7. The molecule has 0 radical (unpaired) electrons. The van der Waals surface area contributed by atoms with Crippen LogP contribution in [0.1, 0.15) is 87.4 Å². The van der Waals surface area contributed by atoms with Crippen LogP contribution in [0.25, 0.3) is 0 Å². The summed E-state index contributed by atoms with van der Waals surface area (Å²) in [5, 5.41) is 11.9. The second-order valence-corrected chi connectivity index (χ2v) is 11.5. The van der Waals surface area contributed by atoms with Gasteiger partial charge in [-0.05, 0) is 64.0 Å². The number of alkyl carbamates (subject to hydrolysis) is 1. The zero-order valence-corrected chi connectivity index (χ0v) is 22.9. The standard InChI is InChI=1S/C27H31ClF3N5O4/c1-14(17-7-8-19(36-11-3-4-21(36)37)23(28)22(17)27(29,30)31)24(38)32-20-13-18(34-35-20)15-5-6-16(12-15)40-25(39)33-26(2)9-10-26/h7-8,13-16H,3-6,9-12H2,1-2H3,(H,33,39)(H2,32,34,35,38)/t14?,15-,16+/m0/s1. The van der Waals surface area contributed by atoms with Gasteiger partial charge in [-0.3, -0.25) is 14.7 Å². The third kappa shape index (κ3) is 5.91. The lowest BCUT2D eigenvalue weighted by atomic mass is 9.93. The normalized spacial score (nSPS) is 22.8. The van der Waals surface area contributed by atoms with E-state index < -0.39 is 34.7 Å². The highest BCUT2D eigenvalue weighted by atomic mass is 35.5. The number of H-pyrrole nitrogens is 1. The van der Waals surface area contributed by atoms with Gasteiger partial charge < -0.3 is 20.3 Å². The second kappa shape index (κ2) is 10.6. The molecule has 1 saturated heterocycles. The summed E-state index contributed by atoms with van der Waals surface area (Å²) >= 11 is 6.21. The number of hydrogen-bond acceptors (Lipinski definition) is 5. The van der Waals surface area contributed by atoms with Crippen molar-refractivity contribution in [2.75, 3.05) is 16.8 Å². The quantitative estimate of drug-likeness (QED) is 0.378. The highest BCUT2D eigenvalue weighted by molar-refractivity contribution is 6.35. The largest absolute Gasteiger partial charge is 0.446 e. The smallest absolute Gasteiger partial charge is 0.418 e. The molecule has 2 saturated carbocycles. The van der Waals surface area contributed by atoms with Gasteiger partial charge in [-0.1, -0.05) is 17.7 Å². The van der Waals surface area contributed by atoms with Gasteiger partial charge >= 0.3 is 12.3 Å². The van der Waals surface area contributed by atoms with Crippen molar-refractivity contribution in [2.45, 2.75) is 88.4 Å². The number of carbonyl (C=O) groups excluding carboxylic acids is 3. The number of benzene rings is 1. The Bertz CT molecular complexity index is 1330. The van der Waals surface area contributed by atoms with Gasteiger partial charge in [-0.15, -0.1) is 0 Å². The fourth-order valence-corrected chi connectivity index (χ4v) is 5.78. The topological polar surface area (TPSA) is 116 Å². The molecule has 3 atom stereocenters. The molecule has 3 amide bonds. The summed E-state index contributed by atoms with van der Waals surface area (Å²) < 4.78 is 47.9. The van der Waals surface area contributed by atoms with Crippen LogP contribution in [0.2, 0.25) is 5.02 Å². The maximum absolute atomic E-state index is 14.1. The van der Waals surface area contributed by atoms with Gasteiger partial charge in [0.15, 0.2) is 5.82 Å². The first-order valence-electron chi connectivity index (χ1n) is 13.4. The molecular weight excluding hydrogens is 551 g/mol. The Labute approximate surface area is 234 Å². The molecule has 0 bridgehead atoms. The number of halogens is 4. The molecule has 1 aromatic carbocycles. The minimum absolute atomic E-state index is 0.0112. The van der Waals surface area contributed by atoms with Crippen LogP contribution < -0.4 is 15.5 Å². The first-order chi connectivity index (χ1) is 18.8. The fraction of sp³-hybridized carbons (Fsp3) is 0.556. The molecule has 2 aromatic rings.